The first-order valence-electron chi connectivity index (χ1n) is 12.8. The zero-order valence-corrected chi connectivity index (χ0v) is 20.0. The number of hydrogen-bond donors (Lipinski definition) is 3. The standard InChI is InChI=1S/C27H46O3/c1-16(2)23(29)9-6-17(3)20-7-8-21-25-22(11-13-27(20,21)5)26(4)12-10-19(28)14-18(26)15-24(25)30/h15-17,19-25,28-30H,6-14H2,1-5H3/t17-,19+,20?,21+,22+,23-,24-,25+,26+,27-/m1/s1. The van der Waals surface area contributed by atoms with Gasteiger partial charge in [0.05, 0.1) is 18.3 Å². The van der Waals surface area contributed by atoms with Gasteiger partial charge in [-0.3, -0.25) is 0 Å². The van der Waals surface area contributed by atoms with Gasteiger partial charge in [-0.25, -0.2) is 0 Å². The molecule has 0 radical (unpaired) electrons. The lowest BCUT2D eigenvalue weighted by Gasteiger charge is -2.59. The molecule has 3 fully saturated rings. The van der Waals surface area contributed by atoms with Crippen molar-refractivity contribution in [3.05, 3.63) is 11.6 Å². The van der Waals surface area contributed by atoms with Crippen LogP contribution in [0.5, 0.6) is 0 Å². The van der Waals surface area contributed by atoms with Crippen molar-refractivity contribution in [2.75, 3.05) is 0 Å². The molecule has 30 heavy (non-hydrogen) atoms. The molecule has 0 aromatic carbocycles. The Labute approximate surface area is 184 Å². The lowest BCUT2D eigenvalue weighted by Crippen LogP contribution is -2.55. The van der Waals surface area contributed by atoms with Crippen LogP contribution in [0, 0.1) is 46.3 Å². The fourth-order valence-corrected chi connectivity index (χ4v) is 8.57. The molecule has 3 N–H and O–H groups in total. The molecule has 172 valence electrons. The molecule has 4 rings (SSSR count). The Morgan fingerprint density at radius 1 is 0.967 bits per heavy atom. The summed E-state index contributed by atoms with van der Waals surface area (Å²) in [6.45, 7) is 11.6. The minimum Gasteiger partial charge on any atom is -0.393 e. The summed E-state index contributed by atoms with van der Waals surface area (Å²) in [7, 11) is 0. The van der Waals surface area contributed by atoms with Crippen LogP contribution in [0.4, 0.5) is 0 Å². The number of aliphatic hydroxyl groups excluding tert-OH is 3. The summed E-state index contributed by atoms with van der Waals surface area (Å²) in [6.07, 6.45) is 11.2. The Kier molecular flexibility index (Phi) is 6.23. The predicted octanol–water partition coefficient (Wildman–Crippen LogP) is 5.33. The Hall–Kier alpha value is -0.380. The van der Waals surface area contributed by atoms with E-state index in [9.17, 15) is 15.3 Å². The van der Waals surface area contributed by atoms with E-state index in [1.54, 1.807) is 0 Å². The third-order valence-corrected chi connectivity index (χ3v) is 10.6. The average molecular weight is 419 g/mol. The molecule has 0 bridgehead atoms. The van der Waals surface area contributed by atoms with Crippen LogP contribution >= 0.6 is 0 Å². The summed E-state index contributed by atoms with van der Waals surface area (Å²) < 4.78 is 0. The van der Waals surface area contributed by atoms with Crippen LogP contribution < -0.4 is 0 Å². The SMILES string of the molecule is CC(C)[C@H](O)CC[C@@H](C)C1CC[C@H]2[C@@H]3[C@H](O)C=C4C[C@@H](O)CC[C@]4(C)[C@H]3CC[C@]12C. The first-order chi connectivity index (χ1) is 14.1. The third-order valence-electron chi connectivity index (χ3n) is 10.6. The molecule has 10 atom stereocenters. The summed E-state index contributed by atoms with van der Waals surface area (Å²) in [5.74, 6) is 3.24. The summed E-state index contributed by atoms with van der Waals surface area (Å²) in [5, 5.41) is 31.8. The van der Waals surface area contributed by atoms with E-state index in [0.29, 0.717) is 40.9 Å². The molecule has 0 aromatic rings. The number of fused-ring (bicyclic) bond motifs is 5. The van der Waals surface area contributed by atoms with Crippen LogP contribution in [0.3, 0.4) is 0 Å². The van der Waals surface area contributed by atoms with Crippen molar-refractivity contribution in [2.45, 2.75) is 111 Å². The van der Waals surface area contributed by atoms with Crippen molar-refractivity contribution in [1.82, 2.24) is 0 Å². The van der Waals surface area contributed by atoms with E-state index >= 15 is 0 Å². The molecular formula is C27H46O3. The normalized spacial score (nSPS) is 47.8. The molecule has 4 aliphatic rings. The monoisotopic (exact) mass is 418 g/mol. The Balaban J connectivity index is 1.53. The van der Waals surface area contributed by atoms with Gasteiger partial charge in [0.25, 0.3) is 0 Å². The van der Waals surface area contributed by atoms with Gasteiger partial charge in [0.1, 0.15) is 0 Å². The summed E-state index contributed by atoms with van der Waals surface area (Å²) in [5.41, 5.74) is 1.83. The first kappa shape index (κ1) is 22.8. The van der Waals surface area contributed by atoms with Crippen LogP contribution in [0.25, 0.3) is 0 Å². The highest BCUT2D eigenvalue weighted by Crippen LogP contribution is 2.67. The van der Waals surface area contributed by atoms with Gasteiger partial charge in [-0.2, -0.15) is 0 Å². The van der Waals surface area contributed by atoms with Gasteiger partial charge in [0.15, 0.2) is 0 Å². The molecule has 3 heteroatoms. The largest absolute Gasteiger partial charge is 0.393 e. The van der Waals surface area contributed by atoms with Gasteiger partial charge < -0.3 is 15.3 Å². The maximum Gasteiger partial charge on any atom is 0.0757 e. The fraction of sp³-hybridized carbons (Fsp3) is 0.926. The first-order valence-corrected chi connectivity index (χ1v) is 12.8. The van der Waals surface area contributed by atoms with Gasteiger partial charge in [0.2, 0.25) is 0 Å². The Morgan fingerprint density at radius 3 is 2.40 bits per heavy atom. The van der Waals surface area contributed by atoms with Gasteiger partial charge in [0, 0.05) is 0 Å². The van der Waals surface area contributed by atoms with Gasteiger partial charge >= 0.3 is 0 Å². The zero-order chi connectivity index (χ0) is 21.8. The summed E-state index contributed by atoms with van der Waals surface area (Å²) in [6, 6.07) is 0. The van der Waals surface area contributed by atoms with E-state index in [1.807, 2.05) is 0 Å². The second-order valence-corrected chi connectivity index (χ2v) is 12.4. The summed E-state index contributed by atoms with van der Waals surface area (Å²) in [4.78, 5) is 0. The topological polar surface area (TPSA) is 60.7 Å². The van der Waals surface area contributed by atoms with Crippen molar-refractivity contribution < 1.29 is 15.3 Å². The Bertz CT molecular complexity index is 656. The van der Waals surface area contributed by atoms with Gasteiger partial charge in [-0.15, -0.1) is 0 Å². The van der Waals surface area contributed by atoms with E-state index in [2.05, 4.69) is 40.7 Å². The van der Waals surface area contributed by atoms with Crippen molar-refractivity contribution in [3.63, 3.8) is 0 Å². The smallest absolute Gasteiger partial charge is 0.0757 e. The van der Waals surface area contributed by atoms with Crippen LogP contribution in [-0.4, -0.2) is 33.6 Å². The van der Waals surface area contributed by atoms with Gasteiger partial charge in [-0.05, 0) is 104 Å². The molecule has 0 saturated heterocycles. The van der Waals surface area contributed by atoms with E-state index in [0.717, 1.165) is 32.1 Å². The summed E-state index contributed by atoms with van der Waals surface area (Å²) >= 11 is 0. The maximum absolute atomic E-state index is 11.3. The van der Waals surface area contributed by atoms with Crippen LogP contribution in [-0.2, 0) is 0 Å². The minimum atomic E-state index is -0.343. The van der Waals surface area contributed by atoms with Gasteiger partial charge in [-0.1, -0.05) is 46.3 Å². The average Bonchev–Trinajstić information content (AvgIpc) is 3.04. The van der Waals surface area contributed by atoms with Crippen molar-refractivity contribution in [2.24, 2.45) is 46.3 Å². The van der Waals surface area contributed by atoms with Crippen molar-refractivity contribution in [3.8, 4) is 0 Å². The molecule has 3 saturated carbocycles. The van der Waals surface area contributed by atoms with Crippen molar-refractivity contribution in [1.29, 1.82) is 0 Å². The van der Waals surface area contributed by atoms with E-state index < -0.39 is 0 Å². The molecule has 0 spiro atoms. The molecule has 0 heterocycles. The highest BCUT2D eigenvalue weighted by atomic mass is 16.3. The van der Waals surface area contributed by atoms with E-state index in [4.69, 9.17) is 0 Å². The second-order valence-electron chi connectivity index (χ2n) is 12.4. The lowest BCUT2D eigenvalue weighted by atomic mass is 9.46. The lowest BCUT2D eigenvalue weighted by molar-refractivity contribution is -0.0973. The number of aliphatic hydroxyl groups is 3. The van der Waals surface area contributed by atoms with Crippen LogP contribution in [0.2, 0.25) is 0 Å². The molecule has 0 aromatic heterocycles. The quantitative estimate of drug-likeness (QED) is 0.529. The van der Waals surface area contributed by atoms with Crippen LogP contribution in [0.15, 0.2) is 11.6 Å². The van der Waals surface area contributed by atoms with Crippen LogP contribution in [0.1, 0.15) is 92.4 Å². The maximum atomic E-state index is 11.3. The molecule has 4 aliphatic carbocycles. The molecule has 1 unspecified atom stereocenters. The molecule has 0 aliphatic heterocycles. The highest BCUT2D eigenvalue weighted by Gasteiger charge is 2.61. The zero-order valence-electron chi connectivity index (χ0n) is 20.0. The predicted molar refractivity (Wildman–Crippen MR) is 122 cm³/mol. The number of hydrogen-bond acceptors (Lipinski definition) is 3. The molecule has 3 nitrogen and oxygen atoms in total. The Morgan fingerprint density at radius 2 is 1.70 bits per heavy atom. The molecular weight excluding hydrogens is 372 g/mol. The van der Waals surface area contributed by atoms with E-state index in [-0.39, 0.29) is 23.7 Å². The highest BCUT2D eigenvalue weighted by molar-refractivity contribution is 5.27. The van der Waals surface area contributed by atoms with Crippen molar-refractivity contribution >= 4 is 0 Å². The third kappa shape index (κ3) is 3.61. The molecule has 0 amide bonds. The fourth-order valence-electron chi connectivity index (χ4n) is 8.57. The van der Waals surface area contributed by atoms with E-state index in [1.165, 1.54) is 31.3 Å². The minimum absolute atomic E-state index is 0.176. The number of rotatable bonds is 5. The second kappa shape index (κ2) is 8.19.